The maximum atomic E-state index is 6.52. The highest BCUT2D eigenvalue weighted by Crippen LogP contribution is 2.43. The summed E-state index contributed by atoms with van der Waals surface area (Å²) in [7, 11) is 0. The van der Waals surface area contributed by atoms with Crippen LogP contribution in [0.4, 0.5) is 17.1 Å². The van der Waals surface area contributed by atoms with Crippen molar-refractivity contribution in [2.75, 3.05) is 4.90 Å². The first-order chi connectivity index (χ1) is 27.3. The fraction of sp³-hybridized carbons (Fsp3) is 0. The standard InChI is InChI=1S/C52H33NO2/c1-2-11-34(12-3-1)35-23-28-39(29-24-35)53(41-15-8-14-38(33-41)43-19-10-20-46-44-16-4-6-21-48(44)54-51(43)46)40-30-25-36(26-31-40)42-18-9-13-37-27-32-47-45-17-5-7-22-49(45)55-52(47)50(37)42/h1-33H. The van der Waals surface area contributed by atoms with Crippen LogP contribution in [0.1, 0.15) is 0 Å². The van der Waals surface area contributed by atoms with E-state index < -0.39 is 0 Å². The molecule has 0 bridgehead atoms. The highest BCUT2D eigenvalue weighted by molar-refractivity contribution is 6.19. The van der Waals surface area contributed by atoms with Crippen LogP contribution in [0.25, 0.3) is 88.0 Å². The lowest BCUT2D eigenvalue weighted by molar-refractivity contribution is 0.670. The molecule has 2 heterocycles. The number of nitrogens with zero attached hydrogens (tertiary/aromatic N) is 1. The number of furan rings is 2. The Bertz CT molecular complexity index is 3190. The van der Waals surface area contributed by atoms with Gasteiger partial charge in [-0.25, -0.2) is 0 Å². The van der Waals surface area contributed by atoms with Gasteiger partial charge in [-0.15, -0.1) is 0 Å². The molecule has 0 aliphatic rings. The summed E-state index contributed by atoms with van der Waals surface area (Å²) in [4.78, 5) is 2.33. The van der Waals surface area contributed by atoms with E-state index in [9.17, 15) is 0 Å². The molecule has 11 aromatic rings. The van der Waals surface area contributed by atoms with Gasteiger partial charge in [0.1, 0.15) is 22.3 Å². The lowest BCUT2D eigenvalue weighted by Gasteiger charge is -2.26. The molecule has 0 saturated heterocycles. The number of anilines is 3. The minimum Gasteiger partial charge on any atom is -0.455 e. The quantitative estimate of drug-likeness (QED) is 0.173. The monoisotopic (exact) mass is 703 g/mol. The molecule has 9 aromatic carbocycles. The first kappa shape index (κ1) is 31.2. The van der Waals surface area contributed by atoms with Crippen molar-refractivity contribution in [3.63, 3.8) is 0 Å². The zero-order valence-electron chi connectivity index (χ0n) is 29.8. The van der Waals surface area contributed by atoms with Crippen LogP contribution >= 0.6 is 0 Å². The number of hydrogen-bond acceptors (Lipinski definition) is 3. The van der Waals surface area contributed by atoms with Crippen LogP contribution in [-0.4, -0.2) is 0 Å². The van der Waals surface area contributed by atoms with E-state index in [1.54, 1.807) is 0 Å². The lowest BCUT2D eigenvalue weighted by Crippen LogP contribution is -2.10. The average Bonchev–Trinajstić information content (AvgIpc) is 3.83. The summed E-state index contributed by atoms with van der Waals surface area (Å²) in [5.41, 5.74) is 13.6. The second-order valence-corrected chi connectivity index (χ2v) is 14.1. The fourth-order valence-corrected chi connectivity index (χ4v) is 8.25. The molecule has 0 atom stereocenters. The van der Waals surface area contributed by atoms with Gasteiger partial charge in [-0.2, -0.15) is 0 Å². The molecule has 55 heavy (non-hydrogen) atoms. The Morgan fingerprint density at radius 1 is 0.309 bits per heavy atom. The van der Waals surface area contributed by atoms with E-state index in [4.69, 9.17) is 8.83 Å². The van der Waals surface area contributed by atoms with E-state index >= 15 is 0 Å². The SMILES string of the molecule is c1ccc(-c2ccc(N(c3ccc(-c4cccc5ccc6c7ccccc7oc6c45)cc3)c3cccc(-c4cccc5c4oc4ccccc45)c3)cc2)cc1. The van der Waals surface area contributed by atoms with Crippen molar-refractivity contribution in [1.82, 2.24) is 0 Å². The minimum atomic E-state index is 0.897. The van der Waals surface area contributed by atoms with Crippen LogP contribution < -0.4 is 4.90 Å². The molecule has 0 spiro atoms. The summed E-state index contributed by atoms with van der Waals surface area (Å²) in [6.45, 7) is 0. The van der Waals surface area contributed by atoms with E-state index in [0.717, 1.165) is 94.0 Å². The van der Waals surface area contributed by atoms with Crippen LogP contribution in [0.15, 0.2) is 209 Å². The van der Waals surface area contributed by atoms with E-state index in [-0.39, 0.29) is 0 Å². The molecular formula is C52H33NO2. The summed E-state index contributed by atoms with van der Waals surface area (Å²) in [6.07, 6.45) is 0. The van der Waals surface area contributed by atoms with Gasteiger partial charge in [0.2, 0.25) is 0 Å². The molecule has 0 N–H and O–H groups in total. The van der Waals surface area contributed by atoms with Crippen molar-refractivity contribution in [2.45, 2.75) is 0 Å². The first-order valence-corrected chi connectivity index (χ1v) is 18.7. The highest BCUT2D eigenvalue weighted by Gasteiger charge is 2.18. The van der Waals surface area contributed by atoms with Crippen molar-refractivity contribution in [3.8, 4) is 33.4 Å². The van der Waals surface area contributed by atoms with Crippen molar-refractivity contribution in [3.05, 3.63) is 200 Å². The number of para-hydroxylation sites is 3. The Labute approximate surface area is 317 Å². The van der Waals surface area contributed by atoms with Gasteiger partial charge in [-0.1, -0.05) is 146 Å². The third-order valence-electron chi connectivity index (χ3n) is 10.9. The zero-order valence-corrected chi connectivity index (χ0v) is 29.8. The lowest BCUT2D eigenvalue weighted by atomic mass is 9.96. The summed E-state index contributed by atoms with van der Waals surface area (Å²) in [6, 6.07) is 70.9. The molecule has 0 aliphatic carbocycles. The van der Waals surface area contributed by atoms with Gasteiger partial charge in [0.05, 0.1) is 0 Å². The first-order valence-electron chi connectivity index (χ1n) is 18.7. The van der Waals surface area contributed by atoms with Gasteiger partial charge in [-0.3, -0.25) is 0 Å². The van der Waals surface area contributed by atoms with E-state index in [1.165, 1.54) is 11.1 Å². The molecular weight excluding hydrogens is 671 g/mol. The summed E-state index contributed by atoms with van der Waals surface area (Å²) < 4.78 is 13.0. The van der Waals surface area contributed by atoms with Crippen LogP contribution in [0.2, 0.25) is 0 Å². The van der Waals surface area contributed by atoms with Crippen molar-refractivity contribution in [1.29, 1.82) is 0 Å². The predicted molar refractivity (Wildman–Crippen MR) is 229 cm³/mol. The number of rotatable bonds is 6. The van der Waals surface area contributed by atoms with Gasteiger partial charge in [0, 0.05) is 49.6 Å². The molecule has 11 rings (SSSR count). The van der Waals surface area contributed by atoms with Gasteiger partial charge >= 0.3 is 0 Å². The molecule has 2 aromatic heterocycles. The average molecular weight is 704 g/mol. The third kappa shape index (κ3) is 5.20. The maximum absolute atomic E-state index is 6.52. The number of benzene rings is 9. The van der Waals surface area contributed by atoms with Gasteiger partial charge in [0.25, 0.3) is 0 Å². The second-order valence-electron chi connectivity index (χ2n) is 14.1. The molecule has 0 fully saturated rings. The Balaban J connectivity index is 1.05. The van der Waals surface area contributed by atoms with Gasteiger partial charge < -0.3 is 13.7 Å². The van der Waals surface area contributed by atoms with Crippen molar-refractivity contribution >= 4 is 71.7 Å². The van der Waals surface area contributed by atoms with Crippen LogP contribution in [0, 0.1) is 0 Å². The normalized spacial score (nSPS) is 11.6. The molecule has 0 saturated carbocycles. The van der Waals surface area contributed by atoms with Crippen LogP contribution in [-0.2, 0) is 0 Å². The Kier molecular flexibility index (Phi) is 7.17. The van der Waals surface area contributed by atoms with Gasteiger partial charge in [-0.05, 0) is 87.8 Å². The van der Waals surface area contributed by atoms with Crippen LogP contribution in [0.5, 0.6) is 0 Å². The Hall–Kier alpha value is -7.36. The topological polar surface area (TPSA) is 29.5 Å². The Morgan fingerprint density at radius 3 is 1.60 bits per heavy atom. The largest absolute Gasteiger partial charge is 0.455 e. The number of fused-ring (bicyclic) bond motifs is 8. The molecule has 0 unspecified atom stereocenters. The molecule has 3 heteroatoms. The summed E-state index contributed by atoms with van der Waals surface area (Å²) in [5, 5.41) is 6.81. The highest BCUT2D eigenvalue weighted by atomic mass is 16.3. The number of hydrogen-bond donors (Lipinski definition) is 0. The van der Waals surface area contributed by atoms with E-state index in [1.807, 2.05) is 24.3 Å². The Morgan fingerprint density at radius 2 is 0.855 bits per heavy atom. The third-order valence-corrected chi connectivity index (χ3v) is 10.9. The van der Waals surface area contributed by atoms with Crippen molar-refractivity contribution < 1.29 is 8.83 Å². The summed E-state index contributed by atoms with van der Waals surface area (Å²) >= 11 is 0. The second kappa shape index (κ2) is 12.6. The molecule has 3 nitrogen and oxygen atoms in total. The van der Waals surface area contributed by atoms with E-state index in [2.05, 4.69) is 181 Å². The van der Waals surface area contributed by atoms with E-state index in [0.29, 0.717) is 0 Å². The summed E-state index contributed by atoms with van der Waals surface area (Å²) in [5.74, 6) is 0. The maximum Gasteiger partial charge on any atom is 0.143 e. The molecule has 258 valence electrons. The minimum absolute atomic E-state index is 0.897. The fourth-order valence-electron chi connectivity index (χ4n) is 8.25. The zero-order chi connectivity index (χ0) is 36.3. The molecule has 0 radical (unpaired) electrons. The van der Waals surface area contributed by atoms with Gasteiger partial charge in [0.15, 0.2) is 0 Å². The molecule has 0 aliphatic heterocycles. The molecule has 0 amide bonds. The van der Waals surface area contributed by atoms with Crippen molar-refractivity contribution in [2.24, 2.45) is 0 Å². The van der Waals surface area contributed by atoms with Crippen LogP contribution in [0.3, 0.4) is 0 Å². The predicted octanol–water partition coefficient (Wildman–Crippen LogP) is 15.1. The smallest absolute Gasteiger partial charge is 0.143 e.